The van der Waals surface area contributed by atoms with Crippen LogP contribution in [0.3, 0.4) is 0 Å². The van der Waals surface area contributed by atoms with Crippen molar-refractivity contribution in [2.45, 2.75) is 0 Å². The SMILES string of the molecule is Fc1cccc(N(c2cc(-c3ccccc3)cc(-c3ccccc3)c2)c2ccc3ccc4c(N(c5cc(-c6ccccc6)cc(-c6ccccc6)c5)c5cccc(F)c5F)ccc5ccc2c3c54)c1F. The molecule has 0 fully saturated rings. The molecule has 0 saturated carbocycles. The monoisotopic (exact) mass is 912 g/mol. The normalized spacial score (nSPS) is 11.4. The van der Waals surface area contributed by atoms with Crippen molar-refractivity contribution in [3.05, 3.63) is 266 Å². The first kappa shape index (κ1) is 42.4. The predicted molar refractivity (Wildman–Crippen MR) is 281 cm³/mol. The van der Waals surface area contributed by atoms with Crippen LogP contribution in [0.5, 0.6) is 0 Å². The van der Waals surface area contributed by atoms with E-state index < -0.39 is 23.3 Å². The van der Waals surface area contributed by atoms with Gasteiger partial charge in [0.05, 0.1) is 22.7 Å². The van der Waals surface area contributed by atoms with Crippen LogP contribution in [0.4, 0.5) is 51.7 Å². The van der Waals surface area contributed by atoms with Crippen LogP contribution in [-0.2, 0) is 0 Å². The summed E-state index contributed by atoms with van der Waals surface area (Å²) in [5.41, 5.74) is 10.0. The van der Waals surface area contributed by atoms with Crippen molar-refractivity contribution in [3.63, 3.8) is 0 Å². The number of halogens is 4. The van der Waals surface area contributed by atoms with Crippen LogP contribution < -0.4 is 9.80 Å². The number of benzene rings is 12. The zero-order valence-corrected chi connectivity index (χ0v) is 37.5. The maximum absolute atomic E-state index is 16.6. The zero-order chi connectivity index (χ0) is 47.3. The number of nitrogens with zero attached hydrogens (tertiary/aromatic N) is 2. The minimum absolute atomic E-state index is 0.0419. The van der Waals surface area contributed by atoms with Crippen molar-refractivity contribution < 1.29 is 17.6 Å². The molecule has 0 aliphatic heterocycles. The lowest BCUT2D eigenvalue weighted by Crippen LogP contribution is -2.14. The van der Waals surface area contributed by atoms with E-state index in [2.05, 4.69) is 12.1 Å². The van der Waals surface area contributed by atoms with Crippen LogP contribution >= 0.6 is 0 Å². The summed E-state index contributed by atoms with van der Waals surface area (Å²) in [7, 11) is 0. The molecule has 0 atom stereocenters. The summed E-state index contributed by atoms with van der Waals surface area (Å²) in [6.45, 7) is 0. The van der Waals surface area contributed by atoms with Gasteiger partial charge in [-0.15, -0.1) is 0 Å². The fourth-order valence-electron chi connectivity index (χ4n) is 9.98. The quantitative estimate of drug-likeness (QED) is 0.0996. The van der Waals surface area contributed by atoms with Crippen LogP contribution in [0, 0.1) is 23.3 Å². The molecule has 0 amide bonds. The molecular formula is C64H40F4N2. The van der Waals surface area contributed by atoms with Crippen molar-refractivity contribution in [2.75, 3.05) is 9.80 Å². The van der Waals surface area contributed by atoms with E-state index >= 15 is 17.6 Å². The van der Waals surface area contributed by atoms with Crippen molar-refractivity contribution in [2.24, 2.45) is 0 Å². The topological polar surface area (TPSA) is 6.48 Å². The van der Waals surface area contributed by atoms with E-state index in [0.29, 0.717) is 22.7 Å². The van der Waals surface area contributed by atoms with Gasteiger partial charge in [-0.05, 0) is 139 Å². The minimum atomic E-state index is -0.984. The fourth-order valence-corrected chi connectivity index (χ4v) is 9.98. The van der Waals surface area contributed by atoms with Gasteiger partial charge in [-0.2, -0.15) is 0 Å². The molecule has 12 rings (SSSR count). The summed E-state index contributed by atoms with van der Waals surface area (Å²) in [4.78, 5) is 3.61. The smallest absolute Gasteiger partial charge is 0.182 e. The second kappa shape index (κ2) is 17.6. The molecular weight excluding hydrogens is 873 g/mol. The summed E-state index contributed by atoms with van der Waals surface area (Å²) in [6, 6.07) is 76.9. The maximum atomic E-state index is 16.6. The summed E-state index contributed by atoms with van der Waals surface area (Å²) in [5.74, 6) is -3.91. The standard InChI is InChI=1S/C64H40F4N2/c65-55-23-13-25-59(63(55)67)69(51-37-47(41-15-5-1-6-16-41)35-48(38-51)42-17-7-2-8-18-42)57-33-29-45-28-32-54-58(34-30-46-27-31-53(57)61(45)62(46)54)70(60-26-14-24-56(66)64(60)68)52-39-49(43-19-9-3-10-20-43)36-50(40-52)44-21-11-4-12-22-44/h1-40H. The fraction of sp³-hybridized carbons (Fsp3) is 0. The number of hydrogen-bond acceptors (Lipinski definition) is 2. The summed E-state index contributed by atoms with van der Waals surface area (Å²) >= 11 is 0. The predicted octanol–water partition coefficient (Wildman–Crippen LogP) is 18.7. The Bertz CT molecular complexity index is 3510. The summed E-state index contributed by atoms with van der Waals surface area (Å²) < 4.78 is 64.2. The Morgan fingerprint density at radius 2 is 0.557 bits per heavy atom. The molecule has 334 valence electrons. The van der Waals surface area contributed by atoms with Crippen LogP contribution in [-0.4, -0.2) is 0 Å². The highest BCUT2D eigenvalue weighted by molar-refractivity contribution is 6.28. The van der Waals surface area contributed by atoms with E-state index in [1.54, 1.807) is 21.9 Å². The van der Waals surface area contributed by atoms with Gasteiger partial charge in [0, 0.05) is 22.1 Å². The van der Waals surface area contributed by atoms with Gasteiger partial charge in [0.2, 0.25) is 0 Å². The molecule has 2 nitrogen and oxygen atoms in total. The molecule has 0 aromatic heterocycles. The Labute approximate surface area is 402 Å². The Morgan fingerprint density at radius 1 is 0.243 bits per heavy atom. The van der Waals surface area contributed by atoms with Gasteiger partial charge in [-0.3, -0.25) is 0 Å². The molecule has 0 N–H and O–H groups in total. The van der Waals surface area contributed by atoms with Gasteiger partial charge in [0.1, 0.15) is 0 Å². The van der Waals surface area contributed by atoms with Crippen LogP contribution in [0.25, 0.3) is 76.8 Å². The van der Waals surface area contributed by atoms with Crippen molar-refractivity contribution in [3.8, 4) is 44.5 Å². The van der Waals surface area contributed by atoms with Gasteiger partial charge < -0.3 is 9.80 Å². The second-order valence-corrected chi connectivity index (χ2v) is 17.4. The molecule has 0 bridgehead atoms. The molecule has 0 aliphatic carbocycles. The lowest BCUT2D eigenvalue weighted by molar-refractivity contribution is 0.510. The van der Waals surface area contributed by atoms with Gasteiger partial charge in [0.25, 0.3) is 0 Å². The number of hydrogen-bond donors (Lipinski definition) is 0. The first-order chi connectivity index (χ1) is 34.4. The molecule has 0 heterocycles. The maximum Gasteiger partial charge on any atom is 0.182 e. The average molecular weight is 913 g/mol. The highest BCUT2D eigenvalue weighted by Crippen LogP contribution is 2.50. The van der Waals surface area contributed by atoms with E-state index in [4.69, 9.17) is 0 Å². The first-order valence-electron chi connectivity index (χ1n) is 23.1. The molecule has 6 heteroatoms. The van der Waals surface area contributed by atoms with Crippen molar-refractivity contribution >= 4 is 66.4 Å². The van der Waals surface area contributed by atoms with Crippen molar-refractivity contribution in [1.82, 2.24) is 0 Å². The third-order valence-electron chi connectivity index (χ3n) is 13.2. The van der Waals surface area contributed by atoms with Gasteiger partial charge in [0.15, 0.2) is 23.3 Å². The molecule has 0 saturated heterocycles. The van der Waals surface area contributed by atoms with E-state index in [9.17, 15) is 0 Å². The molecule has 0 unspecified atom stereocenters. The third-order valence-corrected chi connectivity index (χ3v) is 13.2. The average Bonchev–Trinajstić information content (AvgIpc) is 3.42. The first-order valence-corrected chi connectivity index (χ1v) is 23.1. The Balaban J connectivity index is 1.13. The summed E-state index contributed by atoms with van der Waals surface area (Å²) in [5, 5.41) is 5.14. The van der Waals surface area contributed by atoms with E-state index in [-0.39, 0.29) is 11.4 Å². The second-order valence-electron chi connectivity index (χ2n) is 17.4. The molecule has 70 heavy (non-hydrogen) atoms. The van der Waals surface area contributed by atoms with Crippen LogP contribution in [0.2, 0.25) is 0 Å². The Morgan fingerprint density at radius 3 is 0.886 bits per heavy atom. The number of rotatable bonds is 10. The lowest BCUT2D eigenvalue weighted by atomic mass is 9.91. The van der Waals surface area contributed by atoms with Crippen LogP contribution in [0.15, 0.2) is 243 Å². The highest BCUT2D eigenvalue weighted by Gasteiger charge is 2.27. The lowest BCUT2D eigenvalue weighted by Gasteiger charge is -2.30. The minimum Gasteiger partial charge on any atom is -0.307 e. The van der Waals surface area contributed by atoms with E-state index in [1.165, 1.54) is 12.1 Å². The highest BCUT2D eigenvalue weighted by atomic mass is 19.2. The molecule has 0 radical (unpaired) electrons. The molecule has 0 spiro atoms. The molecule has 12 aromatic rings. The Kier molecular flexibility index (Phi) is 10.6. The third kappa shape index (κ3) is 7.47. The summed E-state index contributed by atoms with van der Waals surface area (Å²) in [6.07, 6.45) is 0. The van der Waals surface area contributed by atoms with Crippen LogP contribution in [0.1, 0.15) is 0 Å². The molecule has 0 aliphatic rings. The largest absolute Gasteiger partial charge is 0.307 e. The molecule has 12 aromatic carbocycles. The van der Waals surface area contributed by atoms with Crippen molar-refractivity contribution in [1.29, 1.82) is 0 Å². The van der Waals surface area contributed by atoms with E-state index in [0.717, 1.165) is 89.0 Å². The van der Waals surface area contributed by atoms with Gasteiger partial charge in [-0.1, -0.05) is 170 Å². The zero-order valence-electron chi connectivity index (χ0n) is 37.5. The van der Waals surface area contributed by atoms with Gasteiger partial charge in [-0.25, -0.2) is 17.6 Å². The van der Waals surface area contributed by atoms with E-state index in [1.807, 2.05) is 194 Å². The Hall–Kier alpha value is -9.00. The number of anilines is 6. The van der Waals surface area contributed by atoms with Gasteiger partial charge >= 0.3 is 0 Å².